The molecule has 0 aliphatic rings. The maximum absolute atomic E-state index is 13.0. The zero-order valence-corrected chi connectivity index (χ0v) is 22.8. The number of amidine groups is 1. The monoisotopic (exact) mass is 549 g/mol. The van der Waals surface area contributed by atoms with Gasteiger partial charge in [0.2, 0.25) is 21.8 Å². The minimum absolute atomic E-state index is 0.0582. The van der Waals surface area contributed by atoms with Gasteiger partial charge in [-0.1, -0.05) is 61.0 Å². The molecule has 0 aliphatic carbocycles. The van der Waals surface area contributed by atoms with Crippen molar-refractivity contribution in [2.45, 2.75) is 51.3 Å². The topological polar surface area (TPSA) is 174 Å². The van der Waals surface area contributed by atoms with Gasteiger partial charge >= 0.3 is 0 Å². The van der Waals surface area contributed by atoms with Crippen LogP contribution in [0.4, 0.5) is 0 Å². The van der Waals surface area contributed by atoms with Crippen LogP contribution in [-0.2, 0) is 31.9 Å². The average molecular weight is 550 g/mol. The maximum Gasteiger partial charge on any atom is 0.243 e. The van der Waals surface area contributed by atoms with Crippen LogP contribution in [0.3, 0.4) is 0 Å². The summed E-state index contributed by atoms with van der Waals surface area (Å²) in [4.78, 5) is 25.9. The first kappa shape index (κ1) is 30.3. The lowest BCUT2D eigenvalue weighted by molar-refractivity contribution is -0.130. The van der Waals surface area contributed by atoms with Gasteiger partial charge in [-0.3, -0.25) is 15.0 Å². The number of carbonyl (C=O) groups excluding carboxylic acids is 2. The molecule has 0 bridgehead atoms. The lowest BCUT2D eigenvalue weighted by atomic mass is 10.1. The van der Waals surface area contributed by atoms with Gasteiger partial charge in [-0.2, -0.15) is 16.5 Å². The van der Waals surface area contributed by atoms with Crippen LogP contribution < -0.4 is 21.1 Å². The van der Waals surface area contributed by atoms with Gasteiger partial charge < -0.3 is 21.5 Å². The van der Waals surface area contributed by atoms with Crippen molar-refractivity contribution in [3.05, 3.63) is 70.8 Å². The van der Waals surface area contributed by atoms with E-state index in [4.69, 9.17) is 11.1 Å². The van der Waals surface area contributed by atoms with Crippen LogP contribution in [0.5, 0.6) is 0 Å². The molecular formula is C25H35N5O5S2. The van der Waals surface area contributed by atoms with Gasteiger partial charge in [0.25, 0.3) is 0 Å². The van der Waals surface area contributed by atoms with E-state index < -0.39 is 40.0 Å². The summed E-state index contributed by atoms with van der Waals surface area (Å²) >= 11 is 1.44. The number of rotatable bonds is 14. The quantitative estimate of drug-likeness (QED) is 0.151. The van der Waals surface area contributed by atoms with Gasteiger partial charge in [-0.05, 0) is 30.7 Å². The molecule has 0 saturated heterocycles. The van der Waals surface area contributed by atoms with E-state index in [-0.39, 0.29) is 23.9 Å². The smallest absolute Gasteiger partial charge is 0.243 e. The van der Waals surface area contributed by atoms with Crippen LogP contribution in [0, 0.1) is 12.3 Å². The molecule has 3 atom stereocenters. The minimum atomic E-state index is -3.97. The summed E-state index contributed by atoms with van der Waals surface area (Å²) in [5.74, 6) is -0.698. The van der Waals surface area contributed by atoms with E-state index >= 15 is 0 Å². The molecule has 0 aliphatic heterocycles. The van der Waals surface area contributed by atoms with E-state index in [1.54, 1.807) is 48.5 Å². The lowest BCUT2D eigenvalue weighted by Gasteiger charge is -2.24. The molecule has 0 heterocycles. The van der Waals surface area contributed by atoms with Crippen LogP contribution in [0.15, 0.2) is 48.5 Å². The zero-order valence-electron chi connectivity index (χ0n) is 21.2. The predicted octanol–water partition coefficient (Wildman–Crippen LogP) is 1.00. The molecule has 0 fully saturated rings. The van der Waals surface area contributed by atoms with Crippen molar-refractivity contribution in [1.29, 1.82) is 5.41 Å². The summed E-state index contributed by atoms with van der Waals surface area (Å²) in [6.07, 6.45) is -1.34. The summed E-state index contributed by atoms with van der Waals surface area (Å²) in [7, 11) is -3.97. The van der Waals surface area contributed by atoms with E-state index in [1.807, 2.05) is 13.8 Å². The SMILES string of the molecule is CCSC[C@H](NC(=O)[C@H](NS(=O)(=O)Cc1ccc(C)cc1)C(C)O)C(=O)NCc1ccc(C(=N)N)cc1. The van der Waals surface area contributed by atoms with Crippen LogP contribution in [0.25, 0.3) is 0 Å². The van der Waals surface area contributed by atoms with Crippen LogP contribution in [-0.4, -0.2) is 60.9 Å². The molecular weight excluding hydrogens is 514 g/mol. The molecule has 37 heavy (non-hydrogen) atoms. The van der Waals surface area contributed by atoms with Crippen molar-refractivity contribution in [2.24, 2.45) is 5.73 Å². The number of hydrogen-bond acceptors (Lipinski definition) is 7. The molecule has 2 aromatic rings. The standard InChI is InChI=1S/C25H35N5O5S2/c1-4-36-14-21(24(32)28-13-18-9-11-20(12-10-18)23(26)27)29-25(33)22(17(3)31)30-37(34,35)15-19-7-5-16(2)6-8-19/h5-12,17,21-22,30-31H,4,13-15H2,1-3H3,(H3,26,27)(H,28,32)(H,29,33)/t17?,21-,22+/m0/s1. The molecule has 2 rings (SSSR count). The first-order chi connectivity index (χ1) is 17.4. The van der Waals surface area contributed by atoms with Gasteiger partial charge in [0.1, 0.15) is 17.9 Å². The summed E-state index contributed by atoms with van der Waals surface area (Å²) in [6.45, 7) is 5.29. The highest BCUT2D eigenvalue weighted by Gasteiger charge is 2.31. The van der Waals surface area contributed by atoms with Crippen molar-refractivity contribution in [2.75, 3.05) is 11.5 Å². The zero-order chi connectivity index (χ0) is 27.6. The number of aliphatic hydroxyl groups excluding tert-OH is 1. The highest BCUT2D eigenvalue weighted by Crippen LogP contribution is 2.10. The molecule has 0 saturated carbocycles. The van der Waals surface area contributed by atoms with Gasteiger partial charge in [0.15, 0.2) is 0 Å². The second-order valence-electron chi connectivity index (χ2n) is 8.63. The van der Waals surface area contributed by atoms with Gasteiger partial charge in [0, 0.05) is 17.9 Å². The Morgan fingerprint density at radius 3 is 2.19 bits per heavy atom. The van der Waals surface area contributed by atoms with Crippen molar-refractivity contribution in [3.63, 3.8) is 0 Å². The van der Waals surface area contributed by atoms with Crippen LogP contribution >= 0.6 is 11.8 Å². The van der Waals surface area contributed by atoms with Gasteiger partial charge in [-0.25, -0.2) is 8.42 Å². The molecule has 2 aromatic carbocycles. The number of nitrogens with one attached hydrogen (secondary N) is 4. The van der Waals surface area contributed by atoms with E-state index in [0.29, 0.717) is 16.9 Å². The number of sulfonamides is 1. The highest BCUT2D eigenvalue weighted by atomic mass is 32.2. The number of amides is 2. The Bertz CT molecular complexity index is 1170. The van der Waals surface area contributed by atoms with Crippen molar-refractivity contribution < 1.29 is 23.1 Å². The molecule has 0 aromatic heterocycles. The number of aliphatic hydroxyl groups is 1. The largest absolute Gasteiger partial charge is 0.391 e. The lowest BCUT2D eigenvalue weighted by Crippen LogP contribution is -2.57. The van der Waals surface area contributed by atoms with E-state index in [0.717, 1.165) is 11.1 Å². The van der Waals surface area contributed by atoms with Crippen molar-refractivity contribution >= 4 is 39.4 Å². The fourth-order valence-electron chi connectivity index (χ4n) is 3.30. The molecule has 7 N–H and O–H groups in total. The summed E-state index contributed by atoms with van der Waals surface area (Å²) in [5.41, 5.74) is 8.32. The Morgan fingerprint density at radius 1 is 1.05 bits per heavy atom. The molecule has 1 unspecified atom stereocenters. The Kier molecular flexibility index (Phi) is 11.6. The van der Waals surface area contributed by atoms with E-state index in [2.05, 4.69) is 15.4 Å². The summed E-state index contributed by atoms with van der Waals surface area (Å²) in [5, 5.41) is 23.0. The summed E-state index contributed by atoms with van der Waals surface area (Å²) in [6, 6.07) is 11.3. The normalized spacial score (nSPS) is 13.8. The number of hydrogen-bond donors (Lipinski definition) is 6. The van der Waals surface area contributed by atoms with E-state index in [9.17, 15) is 23.1 Å². The number of nitrogens with two attached hydrogens (primary N) is 1. The molecule has 12 heteroatoms. The number of thioether (sulfide) groups is 1. The second-order valence-corrected chi connectivity index (χ2v) is 11.7. The Morgan fingerprint density at radius 2 is 1.65 bits per heavy atom. The average Bonchev–Trinajstić information content (AvgIpc) is 2.84. The second kappa shape index (κ2) is 14.1. The third kappa shape index (κ3) is 10.2. The molecule has 2 amide bonds. The Balaban J connectivity index is 2.06. The van der Waals surface area contributed by atoms with Crippen LogP contribution in [0.1, 0.15) is 36.1 Å². The minimum Gasteiger partial charge on any atom is -0.391 e. The van der Waals surface area contributed by atoms with Crippen molar-refractivity contribution in [1.82, 2.24) is 15.4 Å². The Labute approximate surface area is 222 Å². The van der Waals surface area contributed by atoms with Gasteiger partial charge in [-0.15, -0.1) is 0 Å². The maximum atomic E-state index is 13.0. The number of carbonyl (C=O) groups is 2. The molecule has 0 radical (unpaired) electrons. The molecule has 0 spiro atoms. The first-order valence-electron chi connectivity index (χ1n) is 11.7. The fraction of sp³-hybridized carbons (Fsp3) is 0.400. The number of benzene rings is 2. The molecule has 10 nitrogen and oxygen atoms in total. The third-order valence-corrected chi connectivity index (χ3v) is 7.71. The van der Waals surface area contributed by atoms with Gasteiger partial charge in [0.05, 0.1) is 11.9 Å². The predicted molar refractivity (Wildman–Crippen MR) is 147 cm³/mol. The molecule has 202 valence electrons. The highest BCUT2D eigenvalue weighted by molar-refractivity contribution is 7.99. The number of aryl methyl sites for hydroxylation is 1. The Hall–Kier alpha value is -2.93. The summed E-state index contributed by atoms with van der Waals surface area (Å²) < 4.78 is 27.7. The number of nitrogen functional groups attached to an aromatic ring is 1. The van der Waals surface area contributed by atoms with Crippen LogP contribution in [0.2, 0.25) is 0 Å². The van der Waals surface area contributed by atoms with E-state index in [1.165, 1.54) is 18.7 Å². The third-order valence-electron chi connectivity index (χ3n) is 5.40. The van der Waals surface area contributed by atoms with Crippen molar-refractivity contribution in [3.8, 4) is 0 Å². The first-order valence-corrected chi connectivity index (χ1v) is 14.5. The fourth-order valence-corrected chi connectivity index (χ4v) is 5.42.